The predicted molar refractivity (Wildman–Crippen MR) is 126 cm³/mol. The molecule has 5 nitrogen and oxygen atoms in total. The number of nitrogens with zero attached hydrogens (tertiary/aromatic N) is 1. The number of thioether (sulfide) groups is 1. The van der Waals surface area contributed by atoms with E-state index in [-0.39, 0.29) is 16.9 Å². The molecule has 0 spiro atoms. The van der Waals surface area contributed by atoms with Crippen molar-refractivity contribution in [1.82, 2.24) is 4.90 Å². The summed E-state index contributed by atoms with van der Waals surface area (Å²) in [5.74, 6) is 1.50. The molecule has 1 aliphatic heterocycles. The van der Waals surface area contributed by atoms with Gasteiger partial charge in [0.25, 0.3) is 5.91 Å². The number of carbonyl (C=O) groups is 2. The van der Waals surface area contributed by atoms with E-state index in [9.17, 15) is 14.7 Å². The van der Waals surface area contributed by atoms with E-state index in [1.165, 1.54) is 42.0 Å². The van der Waals surface area contributed by atoms with Gasteiger partial charge in [-0.25, -0.2) is 9.18 Å². The quantitative estimate of drug-likeness (QED) is 0.586. The normalized spacial score (nSPS) is 33.7. The maximum absolute atomic E-state index is 15.2. The minimum absolute atomic E-state index is 0.0367. The number of fused-ring (bicyclic) bond motifs is 2. The third-order valence-electron chi connectivity index (χ3n) is 7.99. The van der Waals surface area contributed by atoms with E-state index in [0.29, 0.717) is 24.7 Å². The van der Waals surface area contributed by atoms with Gasteiger partial charge in [-0.2, -0.15) is 0 Å². The van der Waals surface area contributed by atoms with Crippen LogP contribution in [0.15, 0.2) is 12.1 Å². The van der Waals surface area contributed by atoms with Gasteiger partial charge in [-0.3, -0.25) is 4.79 Å². The number of benzene rings is 1. The second-order valence-electron chi connectivity index (χ2n) is 11.3. The second kappa shape index (κ2) is 8.79. The van der Waals surface area contributed by atoms with Crippen LogP contribution in [-0.4, -0.2) is 46.2 Å². The Balaban J connectivity index is 1.34. The fourth-order valence-corrected chi connectivity index (χ4v) is 7.74. The molecule has 180 valence electrons. The second-order valence-corrected chi connectivity index (χ2v) is 12.4. The highest BCUT2D eigenvalue weighted by molar-refractivity contribution is 8.00. The lowest BCUT2D eigenvalue weighted by Gasteiger charge is -2.47. The highest BCUT2D eigenvalue weighted by Gasteiger charge is 2.42. The van der Waals surface area contributed by atoms with Gasteiger partial charge in [0.1, 0.15) is 11.6 Å². The summed E-state index contributed by atoms with van der Waals surface area (Å²) in [7, 11) is 0. The maximum atomic E-state index is 15.2. The van der Waals surface area contributed by atoms with Crippen LogP contribution in [0.2, 0.25) is 0 Å². The zero-order valence-electron chi connectivity index (χ0n) is 19.5. The van der Waals surface area contributed by atoms with Gasteiger partial charge >= 0.3 is 5.97 Å². The van der Waals surface area contributed by atoms with Crippen molar-refractivity contribution in [2.75, 3.05) is 18.9 Å². The van der Waals surface area contributed by atoms with Crippen LogP contribution in [0.3, 0.4) is 0 Å². The fraction of sp³-hybridized carbons (Fsp3) is 0.692. The van der Waals surface area contributed by atoms with Crippen molar-refractivity contribution in [2.45, 2.75) is 70.1 Å². The number of hydrogen-bond acceptors (Lipinski definition) is 4. The van der Waals surface area contributed by atoms with Crippen molar-refractivity contribution >= 4 is 23.6 Å². The number of amides is 1. The Morgan fingerprint density at radius 1 is 1.21 bits per heavy atom. The van der Waals surface area contributed by atoms with Gasteiger partial charge in [0.2, 0.25) is 0 Å². The zero-order chi connectivity index (χ0) is 23.3. The van der Waals surface area contributed by atoms with Crippen LogP contribution in [0.4, 0.5) is 4.39 Å². The number of halogens is 1. The van der Waals surface area contributed by atoms with Gasteiger partial charge in [-0.1, -0.05) is 13.8 Å². The molecule has 0 radical (unpaired) electrons. The molecule has 1 aromatic carbocycles. The summed E-state index contributed by atoms with van der Waals surface area (Å²) in [6.45, 7) is 5.57. The van der Waals surface area contributed by atoms with Crippen LogP contribution in [0.5, 0.6) is 5.75 Å². The smallest absolute Gasteiger partial charge is 0.337 e. The first-order valence-electron chi connectivity index (χ1n) is 12.3. The molecule has 1 N–H and O–H groups in total. The zero-order valence-corrected chi connectivity index (χ0v) is 20.3. The molecule has 1 heterocycles. The molecule has 2 bridgehead atoms. The van der Waals surface area contributed by atoms with E-state index < -0.39 is 23.1 Å². The minimum Gasteiger partial charge on any atom is -0.493 e. The average molecular weight is 476 g/mol. The van der Waals surface area contributed by atoms with Crippen LogP contribution in [0.25, 0.3) is 0 Å². The van der Waals surface area contributed by atoms with Gasteiger partial charge in [0.05, 0.1) is 12.2 Å². The molecule has 3 unspecified atom stereocenters. The van der Waals surface area contributed by atoms with E-state index in [0.717, 1.165) is 49.0 Å². The van der Waals surface area contributed by atoms with Crippen LogP contribution < -0.4 is 4.74 Å². The molecule has 0 aromatic heterocycles. The van der Waals surface area contributed by atoms with Crippen molar-refractivity contribution in [3.05, 3.63) is 29.1 Å². The number of carboxylic acid groups (broad SMARTS) is 1. The van der Waals surface area contributed by atoms with Gasteiger partial charge in [0, 0.05) is 23.8 Å². The van der Waals surface area contributed by atoms with Crippen LogP contribution in [-0.2, 0) is 4.79 Å². The Morgan fingerprint density at radius 2 is 1.91 bits per heavy atom. The highest BCUT2D eigenvalue weighted by Crippen LogP contribution is 2.51. The van der Waals surface area contributed by atoms with Gasteiger partial charge in [0.15, 0.2) is 5.37 Å². The topological polar surface area (TPSA) is 66.8 Å². The van der Waals surface area contributed by atoms with Gasteiger partial charge in [-0.15, -0.1) is 11.8 Å². The summed E-state index contributed by atoms with van der Waals surface area (Å²) >= 11 is 1.20. The molecule has 4 aliphatic rings. The summed E-state index contributed by atoms with van der Waals surface area (Å²) in [5, 5.41) is 8.46. The Bertz CT molecular complexity index is 930. The SMILES string of the molecule is CC1CC2CC(C1)CC(C)(COc1cc(F)c(C(=O)N3CCSC3C(=O)O)cc1C1CC1)C2. The maximum Gasteiger partial charge on any atom is 0.337 e. The lowest BCUT2D eigenvalue weighted by Crippen LogP contribution is -2.40. The monoisotopic (exact) mass is 475 g/mol. The summed E-state index contributed by atoms with van der Waals surface area (Å²) < 4.78 is 21.5. The van der Waals surface area contributed by atoms with Crippen molar-refractivity contribution in [3.63, 3.8) is 0 Å². The molecule has 3 aliphatic carbocycles. The molecule has 33 heavy (non-hydrogen) atoms. The molecule has 1 aromatic rings. The summed E-state index contributed by atoms with van der Waals surface area (Å²) in [4.78, 5) is 25.8. The van der Waals surface area contributed by atoms with Crippen LogP contribution in [0, 0.1) is 29.0 Å². The molecule has 1 amide bonds. The third-order valence-corrected chi connectivity index (χ3v) is 9.18. The molecule has 5 rings (SSSR count). The Kier molecular flexibility index (Phi) is 6.13. The van der Waals surface area contributed by atoms with Crippen LogP contribution >= 0.6 is 11.8 Å². The predicted octanol–water partition coefficient (Wildman–Crippen LogP) is 5.53. The summed E-state index contributed by atoms with van der Waals surface area (Å²) in [5.41, 5.74) is 0.957. The first-order chi connectivity index (χ1) is 15.7. The summed E-state index contributed by atoms with van der Waals surface area (Å²) in [6, 6.07) is 3.00. The molecule has 3 atom stereocenters. The Hall–Kier alpha value is -1.76. The number of carbonyl (C=O) groups excluding carboxylic acids is 1. The first kappa shape index (κ1) is 23.0. The lowest BCUT2D eigenvalue weighted by molar-refractivity contribution is -0.138. The molecule has 4 fully saturated rings. The van der Waals surface area contributed by atoms with Crippen molar-refractivity contribution in [3.8, 4) is 5.75 Å². The van der Waals surface area contributed by atoms with E-state index >= 15 is 4.39 Å². The number of carboxylic acids is 1. The third kappa shape index (κ3) is 4.75. The number of rotatable bonds is 6. The summed E-state index contributed by atoms with van der Waals surface area (Å²) in [6.07, 6.45) is 8.28. The van der Waals surface area contributed by atoms with Gasteiger partial charge in [-0.05, 0) is 80.2 Å². The fourth-order valence-electron chi connectivity index (χ4n) is 6.69. The van der Waals surface area contributed by atoms with E-state index in [1.807, 2.05) is 0 Å². The van der Waals surface area contributed by atoms with Gasteiger partial charge < -0.3 is 14.7 Å². The van der Waals surface area contributed by atoms with Crippen molar-refractivity contribution in [1.29, 1.82) is 0 Å². The van der Waals surface area contributed by atoms with Crippen LogP contribution in [0.1, 0.15) is 80.6 Å². The minimum atomic E-state index is -1.06. The number of aliphatic carboxylic acids is 1. The Morgan fingerprint density at radius 3 is 2.55 bits per heavy atom. The lowest BCUT2D eigenvalue weighted by atomic mass is 9.60. The molecule has 3 saturated carbocycles. The van der Waals surface area contributed by atoms with E-state index in [2.05, 4.69) is 13.8 Å². The first-order valence-corrected chi connectivity index (χ1v) is 13.4. The standard InChI is InChI=1S/C26H34FNO4S/c1-15-7-16-9-17(8-15)13-26(2,12-16)14-32-22-11-21(27)20(10-19(22)18-3-4-18)23(29)28-5-6-33-24(28)25(30)31/h10-11,15-18,24H,3-9,12-14H2,1-2H3,(H,30,31). The van der Waals surface area contributed by atoms with E-state index in [4.69, 9.17) is 4.74 Å². The molecular weight excluding hydrogens is 441 g/mol. The number of ether oxygens (including phenoxy) is 1. The van der Waals surface area contributed by atoms with Crippen molar-refractivity contribution < 1.29 is 23.8 Å². The molecular formula is C26H34FNO4S. The van der Waals surface area contributed by atoms with Crippen molar-refractivity contribution in [2.24, 2.45) is 23.2 Å². The largest absolute Gasteiger partial charge is 0.493 e. The average Bonchev–Trinajstić information content (AvgIpc) is 3.45. The van der Waals surface area contributed by atoms with E-state index in [1.54, 1.807) is 6.07 Å². The molecule has 7 heteroatoms. The molecule has 1 saturated heterocycles. The number of hydrogen-bond donors (Lipinski definition) is 1. The highest BCUT2D eigenvalue weighted by atomic mass is 32.2. The Labute approximate surface area is 199 Å².